The van der Waals surface area contributed by atoms with Crippen molar-refractivity contribution in [3.8, 4) is 0 Å². The molecular weight excluding hydrogens is 264 g/mol. The van der Waals surface area contributed by atoms with Crippen molar-refractivity contribution in [1.29, 1.82) is 0 Å². The van der Waals surface area contributed by atoms with E-state index >= 15 is 0 Å². The van der Waals surface area contributed by atoms with E-state index in [2.05, 4.69) is 18.9 Å². The van der Waals surface area contributed by atoms with E-state index in [1.54, 1.807) is 0 Å². The van der Waals surface area contributed by atoms with E-state index in [-0.39, 0.29) is 17.4 Å². The van der Waals surface area contributed by atoms with Crippen molar-refractivity contribution in [2.24, 2.45) is 5.92 Å². The van der Waals surface area contributed by atoms with E-state index in [1.807, 2.05) is 16.9 Å². The van der Waals surface area contributed by atoms with E-state index in [4.69, 9.17) is 0 Å². The molecule has 0 amide bonds. The van der Waals surface area contributed by atoms with Gasteiger partial charge in [0.05, 0.1) is 23.3 Å². The zero-order valence-electron chi connectivity index (χ0n) is 11.5. The van der Waals surface area contributed by atoms with Crippen molar-refractivity contribution in [3.63, 3.8) is 0 Å². The van der Waals surface area contributed by atoms with Crippen LogP contribution in [0, 0.1) is 5.92 Å². The van der Waals surface area contributed by atoms with Gasteiger partial charge in [-0.05, 0) is 25.8 Å². The Morgan fingerprint density at radius 2 is 2.32 bits per heavy atom. The molecule has 0 bridgehead atoms. The minimum atomic E-state index is -2.93. The fourth-order valence-electron chi connectivity index (χ4n) is 2.43. The summed E-state index contributed by atoms with van der Waals surface area (Å²) in [4.78, 5) is 0. The summed E-state index contributed by atoms with van der Waals surface area (Å²) in [7, 11) is -2.93. The number of sulfone groups is 1. The quantitative estimate of drug-likeness (QED) is 0.882. The van der Waals surface area contributed by atoms with Crippen LogP contribution in [-0.2, 0) is 16.3 Å². The Balaban J connectivity index is 1.96. The number of aliphatic hydroxyl groups is 1. The molecule has 1 fully saturated rings. The molecule has 0 aromatic carbocycles. The molecule has 1 N–H and O–H groups in total. The summed E-state index contributed by atoms with van der Waals surface area (Å²) in [6, 6.07) is 2.25. The second-order valence-electron chi connectivity index (χ2n) is 5.48. The first-order valence-electron chi connectivity index (χ1n) is 6.84. The summed E-state index contributed by atoms with van der Waals surface area (Å²) in [6.07, 6.45) is 3.31. The topological polar surface area (TPSA) is 72.2 Å². The van der Waals surface area contributed by atoms with Gasteiger partial charge in [-0.25, -0.2) is 8.42 Å². The van der Waals surface area contributed by atoms with Gasteiger partial charge in [0.1, 0.15) is 0 Å². The van der Waals surface area contributed by atoms with Gasteiger partial charge in [-0.3, -0.25) is 4.68 Å². The first-order valence-corrected chi connectivity index (χ1v) is 8.66. The van der Waals surface area contributed by atoms with Crippen LogP contribution < -0.4 is 0 Å². The van der Waals surface area contributed by atoms with Crippen molar-refractivity contribution < 1.29 is 13.5 Å². The van der Waals surface area contributed by atoms with Crippen LogP contribution in [0.1, 0.15) is 38.4 Å². The lowest BCUT2D eigenvalue weighted by molar-refractivity contribution is 0.119. The molecular formula is C13H22N2O3S. The first-order chi connectivity index (χ1) is 8.91. The number of aromatic nitrogens is 2. The second-order valence-corrected chi connectivity index (χ2v) is 7.71. The third-order valence-corrected chi connectivity index (χ3v) is 5.73. The zero-order valence-corrected chi connectivity index (χ0v) is 12.3. The molecule has 0 aliphatic carbocycles. The van der Waals surface area contributed by atoms with Crippen molar-refractivity contribution in [2.45, 2.75) is 45.3 Å². The van der Waals surface area contributed by atoms with Gasteiger partial charge in [-0.1, -0.05) is 6.92 Å². The lowest BCUT2D eigenvalue weighted by atomic mass is 9.98. The normalized spacial score (nSPS) is 25.3. The molecule has 19 heavy (non-hydrogen) atoms. The van der Waals surface area contributed by atoms with Crippen LogP contribution in [-0.4, -0.2) is 40.9 Å². The van der Waals surface area contributed by atoms with Crippen LogP contribution >= 0.6 is 0 Å². The molecule has 6 heteroatoms. The SMILES string of the molecule is CCC(C)n1ccc(CC(O)C2CCS(=O)(=O)C2)n1. The second kappa shape index (κ2) is 5.63. The van der Waals surface area contributed by atoms with Gasteiger partial charge < -0.3 is 5.11 Å². The molecule has 0 spiro atoms. The maximum absolute atomic E-state index is 11.4. The van der Waals surface area contributed by atoms with E-state index in [1.165, 1.54) is 0 Å². The fourth-order valence-corrected chi connectivity index (χ4v) is 4.30. The highest BCUT2D eigenvalue weighted by Crippen LogP contribution is 2.23. The largest absolute Gasteiger partial charge is 0.392 e. The number of hydrogen-bond donors (Lipinski definition) is 1. The van der Waals surface area contributed by atoms with Gasteiger partial charge in [-0.15, -0.1) is 0 Å². The van der Waals surface area contributed by atoms with Crippen LogP contribution in [0.4, 0.5) is 0 Å². The maximum atomic E-state index is 11.4. The molecule has 3 atom stereocenters. The molecule has 2 heterocycles. The number of aliphatic hydroxyl groups excluding tert-OH is 1. The van der Waals surface area contributed by atoms with E-state index < -0.39 is 15.9 Å². The van der Waals surface area contributed by atoms with Crippen LogP contribution in [0.2, 0.25) is 0 Å². The van der Waals surface area contributed by atoms with Crippen LogP contribution in [0.25, 0.3) is 0 Å². The third-order valence-electron chi connectivity index (χ3n) is 3.94. The number of hydrogen-bond acceptors (Lipinski definition) is 4. The lowest BCUT2D eigenvalue weighted by Gasteiger charge is -2.15. The van der Waals surface area contributed by atoms with Crippen LogP contribution in [0.5, 0.6) is 0 Å². The predicted molar refractivity (Wildman–Crippen MR) is 73.7 cm³/mol. The summed E-state index contributed by atoms with van der Waals surface area (Å²) in [6.45, 7) is 4.20. The highest BCUT2D eigenvalue weighted by atomic mass is 32.2. The molecule has 5 nitrogen and oxygen atoms in total. The molecule has 0 saturated carbocycles. The fraction of sp³-hybridized carbons (Fsp3) is 0.769. The molecule has 1 aromatic heterocycles. The minimum absolute atomic E-state index is 0.111. The summed E-state index contributed by atoms with van der Waals surface area (Å²) in [5.41, 5.74) is 0.831. The molecule has 1 aromatic rings. The van der Waals surface area contributed by atoms with E-state index in [0.29, 0.717) is 18.9 Å². The first kappa shape index (κ1) is 14.5. The minimum Gasteiger partial charge on any atom is -0.392 e. The van der Waals surface area contributed by atoms with Crippen molar-refractivity contribution in [2.75, 3.05) is 11.5 Å². The number of nitrogens with zero attached hydrogens (tertiary/aromatic N) is 2. The Kier molecular flexibility index (Phi) is 4.30. The van der Waals surface area contributed by atoms with E-state index in [0.717, 1.165) is 12.1 Å². The maximum Gasteiger partial charge on any atom is 0.150 e. The Morgan fingerprint density at radius 1 is 1.58 bits per heavy atom. The summed E-state index contributed by atoms with van der Waals surface area (Å²) < 4.78 is 24.7. The summed E-state index contributed by atoms with van der Waals surface area (Å²) in [5.74, 6) is 0.176. The average Bonchev–Trinajstić information content (AvgIpc) is 2.94. The number of rotatable bonds is 5. The molecule has 1 aliphatic rings. The average molecular weight is 286 g/mol. The Hall–Kier alpha value is -0.880. The van der Waals surface area contributed by atoms with Gasteiger partial charge >= 0.3 is 0 Å². The summed E-state index contributed by atoms with van der Waals surface area (Å²) >= 11 is 0. The van der Waals surface area contributed by atoms with Crippen molar-refractivity contribution in [1.82, 2.24) is 9.78 Å². The van der Waals surface area contributed by atoms with Gasteiger partial charge in [0.15, 0.2) is 9.84 Å². The molecule has 0 radical (unpaired) electrons. The lowest BCUT2D eigenvalue weighted by Crippen LogP contribution is -2.24. The summed E-state index contributed by atoms with van der Waals surface area (Å²) in [5, 5.41) is 14.6. The van der Waals surface area contributed by atoms with Crippen molar-refractivity contribution >= 4 is 9.84 Å². The zero-order chi connectivity index (χ0) is 14.0. The highest BCUT2D eigenvalue weighted by Gasteiger charge is 2.33. The van der Waals surface area contributed by atoms with Gasteiger partial charge in [-0.2, -0.15) is 5.10 Å². The molecule has 2 rings (SSSR count). The Morgan fingerprint density at radius 3 is 2.89 bits per heavy atom. The molecule has 3 unspecified atom stereocenters. The van der Waals surface area contributed by atoms with Gasteiger partial charge in [0, 0.05) is 24.6 Å². The van der Waals surface area contributed by atoms with Crippen LogP contribution in [0.15, 0.2) is 12.3 Å². The third kappa shape index (κ3) is 3.57. The highest BCUT2D eigenvalue weighted by molar-refractivity contribution is 7.91. The standard InChI is InChI=1S/C13H22N2O3S/c1-3-10(2)15-6-4-12(14-15)8-13(16)11-5-7-19(17,18)9-11/h4,6,10-11,13,16H,3,5,7-9H2,1-2H3. The monoisotopic (exact) mass is 286 g/mol. The molecule has 108 valence electrons. The smallest absolute Gasteiger partial charge is 0.150 e. The Bertz CT molecular complexity index is 524. The van der Waals surface area contributed by atoms with Crippen molar-refractivity contribution in [3.05, 3.63) is 18.0 Å². The Labute approximate surface area is 114 Å². The van der Waals surface area contributed by atoms with E-state index in [9.17, 15) is 13.5 Å². The molecule has 1 aliphatic heterocycles. The van der Waals surface area contributed by atoms with Gasteiger partial charge in [0.25, 0.3) is 0 Å². The predicted octanol–water partition coefficient (Wildman–Crippen LogP) is 1.19. The van der Waals surface area contributed by atoms with Gasteiger partial charge in [0.2, 0.25) is 0 Å². The van der Waals surface area contributed by atoms with Crippen LogP contribution in [0.3, 0.4) is 0 Å². The molecule has 1 saturated heterocycles.